The number of amides is 1. The Balaban J connectivity index is 1.53. The molecule has 25 heavy (non-hydrogen) atoms. The van der Waals surface area contributed by atoms with Crippen LogP contribution in [0.2, 0.25) is 5.02 Å². The topological polar surface area (TPSA) is 36.4 Å². The first-order chi connectivity index (χ1) is 12.0. The molecule has 1 fully saturated rings. The first-order valence-corrected chi connectivity index (χ1v) is 9.97. The molecule has 134 valence electrons. The molecule has 0 saturated carbocycles. The van der Waals surface area contributed by atoms with Gasteiger partial charge in [-0.3, -0.25) is 9.69 Å². The van der Waals surface area contributed by atoms with Crippen LogP contribution >= 0.6 is 22.9 Å². The fraction of sp³-hybridized carbons (Fsp3) is 0.474. The lowest BCUT2D eigenvalue weighted by molar-refractivity contribution is -0.133. The van der Waals surface area contributed by atoms with Crippen molar-refractivity contribution in [2.45, 2.75) is 26.8 Å². The van der Waals surface area contributed by atoms with Gasteiger partial charge in [0, 0.05) is 48.6 Å². The maximum absolute atomic E-state index is 12.1. The Kier molecular flexibility index (Phi) is 6.10. The lowest BCUT2D eigenvalue weighted by atomic mass is 10.1. The number of carbonyl (C=O) groups is 1. The Morgan fingerprint density at radius 2 is 1.88 bits per heavy atom. The van der Waals surface area contributed by atoms with Crippen LogP contribution in [0.5, 0.6) is 0 Å². The second-order valence-electron chi connectivity index (χ2n) is 6.89. The number of rotatable bonds is 5. The molecule has 0 unspecified atom stereocenters. The Hall–Kier alpha value is -1.43. The van der Waals surface area contributed by atoms with Crippen LogP contribution < -0.4 is 0 Å². The lowest BCUT2D eigenvalue weighted by Crippen LogP contribution is -2.48. The molecule has 1 saturated heterocycles. The standard InChI is InChI=1S/C19H24ClN3OS/c1-14(2)11-19(24)23-9-7-22(8-10-23)12-18-21-17(13-25-18)15-3-5-16(20)6-4-15/h3-6,13-14H,7-12H2,1-2H3. The molecule has 4 nitrogen and oxygen atoms in total. The third-order valence-corrected chi connectivity index (χ3v) is 5.44. The Morgan fingerprint density at radius 1 is 1.20 bits per heavy atom. The van der Waals surface area contributed by atoms with E-state index in [4.69, 9.17) is 16.6 Å². The average Bonchev–Trinajstić information content (AvgIpc) is 3.04. The number of thiazole rings is 1. The number of hydrogen-bond acceptors (Lipinski definition) is 4. The van der Waals surface area contributed by atoms with E-state index in [9.17, 15) is 4.79 Å². The van der Waals surface area contributed by atoms with Gasteiger partial charge in [-0.2, -0.15) is 0 Å². The van der Waals surface area contributed by atoms with E-state index < -0.39 is 0 Å². The molecule has 0 spiro atoms. The second kappa shape index (κ2) is 8.30. The maximum atomic E-state index is 12.1. The molecule has 1 aromatic carbocycles. The van der Waals surface area contributed by atoms with E-state index in [2.05, 4.69) is 24.1 Å². The van der Waals surface area contributed by atoms with Crippen LogP contribution in [0.25, 0.3) is 11.3 Å². The monoisotopic (exact) mass is 377 g/mol. The quantitative estimate of drug-likeness (QED) is 0.785. The highest BCUT2D eigenvalue weighted by Crippen LogP contribution is 2.24. The van der Waals surface area contributed by atoms with Gasteiger partial charge in [-0.05, 0) is 18.1 Å². The minimum Gasteiger partial charge on any atom is -0.340 e. The van der Waals surface area contributed by atoms with Crippen molar-refractivity contribution in [2.75, 3.05) is 26.2 Å². The largest absolute Gasteiger partial charge is 0.340 e. The number of piperazine rings is 1. The Bertz CT molecular complexity index is 706. The molecular formula is C19H24ClN3OS. The highest BCUT2D eigenvalue weighted by Gasteiger charge is 2.22. The number of aromatic nitrogens is 1. The summed E-state index contributed by atoms with van der Waals surface area (Å²) in [5.41, 5.74) is 2.10. The summed E-state index contributed by atoms with van der Waals surface area (Å²) in [4.78, 5) is 21.3. The van der Waals surface area contributed by atoms with Crippen LogP contribution in [-0.2, 0) is 11.3 Å². The first-order valence-electron chi connectivity index (χ1n) is 8.71. The predicted octanol–water partition coefficient (Wildman–Crippen LogP) is 4.15. The normalized spacial score (nSPS) is 15.8. The molecule has 2 aromatic rings. The fourth-order valence-corrected chi connectivity index (χ4v) is 3.93. The van der Waals surface area contributed by atoms with Gasteiger partial charge in [0.05, 0.1) is 12.2 Å². The summed E-state index contributed by atoms with van der Waals surface area (Å²) in [6.07, 6.45) is 0.650. The number of carbonyl (C=O) groups excluding carboxylic acids is 1. The van der Waals surface area contributed by atoms with E-state index in [1.54, 1.807) is 11.3 Å². The summed E-state index contributed by atoms with van der Waals surface area (Å²) in [5.74, 6) is 0.709. The van der Waals surface area contributed by atoms with E-state index in [-0.39, 0.29) is 5.91 Å². The van der Waals surface area contributed by atoms with Gasteiger partial charge >= 0.3 is 0 Å². The lowest BCUT2D eigenvalue weighted by Gasteiger charge is -2.34. The fourth-order valence-electron chi connectivity index (χ4n) is 2.96. The summed E-state index contributed by atoms with van der Waals surface area (Å²) >= 11 is 7.63. The Morgan fingerprint density at radius 3 is 2.52 bits per heavy atom. The van der Waals surface area contributed by atoms with Crippen LogP contribution in [0.3, 0.4) is 0 Å². The molecule has 1 aliphatic rings. The molecule has 0 atom stereocenters. The van der Waals surface area contributed by atoms with Crippen molar-refractivity contribution in [1.82, 2.24) is 14.8 Å². The minimum atomic E-state index is 0.286. The number of hydrogen-bond donors (Lipinski definition) is 0. The molecule has 6 heteroatoms. The van der Waals surface area contributed by atoms with Gasteiger partial charge in [-0.15, -0.1) is 11.3 Å². The summed E-state index contributed by atoms with van der Waals surface area (Å²) < 4.78 is 0. The first kappa shape index (κ1) is 18.4. The van der Waals surface area contributed by atoms with Crippen LogP contribution in [0.15, 0.2) is 29.6 Å². The zero-order chi connectivity index (χ0) is 17.8. The van der Waals surface area contributed by atoms with E-state index >= 15 is 0 Å². The highest BCUT2D eigenvalue weighted by atomic mass is 35.5. The molecule has 1 aromatic heterocycles. The van der Waals surface area contributed by atoms with E-state index in [1.165, 1.54) is 0 Å². The SMILES string of the molecule is CC(C)CC(=O)N1CCN(Cc2nc(-c3ccc(Cl)cc3)cs2)CC1. The molecule has 2 heterocycles. The molecule has 3 rings (SSSR count). The van der Waals surface area contributed by atoms with Crippen LogP contribution in [0.4, 0.5) is 0 Å². The van der Waals surface area contributed by atoms with Crippen molar-refractivity contribution in [2.24, 2.45) is 5.92 Å². The van der Waals surface area contributed by atoms with Crippen molar-refractivity contribution in [1.29, 1.82) is 0 Å². The van der Waals surface area contributed by atoms with Gasteiger partial charge in [0.2, 0.25) is 5.91 Å². The summed E-state index contributed by atoms with van der Waals surface area (Å²) in [7, 11) is 0. The molecule has 1 amide bonds. The van der Waals surface area contributed by atoms with Crippen LogP contribution in [-0.4, -0.2) is 46.9 Å². The molecule has 0 aliphatic carbocycles. The van der Waals surface area contributed by atoms with Crippen molar-refractivity contribution < 1.29 is 4.79 Å². The highest BCUT2D eigenvalue weighted by molar-refractivity contribution is 7.09. The van der Waals surface area contributed by atoms with Crippen molar-refractivity contribution >= 4 is 28.8 Å². The third kappa shape index (κ3) is 5.03. The van der Waals surface area contributed by atoms with Crippen molar-refractivity contribution in [3.63, 3.8) is 0 Å². The summed E-state index contributed by atoms with van der Waals surface area (Å²) in [6, 6.07) is 7.78. The molecule has 0 radical (unpaired) electrons. The molecular weight excluding hydrogens is 354 g/mol. The Labute approximate surface area is 158 Å². The smallest absolute Gasteiger partial charge is 0.222 e. The maximum Gasteiger partial charge on any atom is 0.222 e. The minimum absolute atomic E-state index is 0.286. The zero-order valence-corrected chi connectivity index (χ0v) is 16.3. The number of benzene rings is 1. The summed E-state index contributed by atoms with van der Waals surface area (Å²) in [6.45, 7) is 8.51. The van der Waals surface area contributed by atoms with E-state index in [1.807, 2.05) is 29.2 Å². The van der Waals surface area contributed by atoms with E-state index in [0.717, 1.165) is 54.0 Å². The van der Waals surface area contributed by atoms with Gasteiger partial charge in [-0.1, -0.05) is 37.6 Å². The summed E-state index contributed by atoms with van der Waals surface area (Å²) in [5, 5.41) is 3.96. The number of nitrogens with zero attached hydrogens (tertiary/aromatic N) is 3. The number of halogens is 1. The van der Waals surface area contributed by atoms with Gasteiger partial charge in [0.25, 0.3) is 0 Å². The van der Waals surface area contributed by atoms with Gasteiger partial charge in [-0.25, -0.2) is 4.98 Å². The third-order valence-electron chi connectivity index (χ3n) is 4.36. The van der Waals surface area contributed by atoms with Crippen LogP contribution in [0.1, 0.15) is 25.3 Å². The predicted molar refractivity (Wildman–Crippen MR) is 104 cm³/mol. The molecule has 1 aliphatic heterocycles. The zero-order valence-electron chi connectivity index (χ0n) is 14.7. The second-order valence-corrected chi connectivity index (χ2v) is 8.27. The van der Waals surface area contributed by atoms with Gasteiger partial charge in [0.15, 0.2) is 0 Å². The average molecular weight is 378 g/mol. The van der Waals surface area contributed by atoms with E-state index in [0.29, 0.717) is 12.3 Å². The molecule has 0 N–H and O–H groups in total. The van der Waals surface area contributed by atoms with Gasteiger partial charge in [0.1, 0.15) is 5.01 Å². The van der Waals surface area contributed by atoms with Gasteiger partial charge < -0.3 is 4.90 Å². The van der Waals surface area contributed by atoms with Crippen LogP contribution in [0, 0.1) is 5.92 Å². The molecule has 0 bridgehead atoms. The van der Waals surface area contributed by atoms with Crippen molar-refractivity contribution in [3.05, 3.63) is 39.7 Å². The van der Waals surface area contributed by atoms with Crippen molar-refractivity contribution in [3.8, 4) is 11.3 Å².